The van der Waals surface area contributed by atoms with Crippen molar-refractivity contribution in [1.82, 2.24) is 20.2 Å². The molecule has 0 amide bonds. The van der Waals surface area contributed by atoms with E-state index in [1.165, 1.54) is 24.3 Å². The Kier molecular flexibility index (Phi) is 7.39. The molecule has 8 nitrogen and oxygen atoms in total. The van der Waals surface area contributed by atoms with Gasteiger partial charge in [0.25, 0.3) is 0 Å². The molecule has 4 aromatic rings. The molecule has 48 heavy (non-hydrogen) atoms. The highest BCUT2D eigenvalue weighted by molar-refractivity contribution is 6.04. The topological polar surface area (TPSA) is 97.5 Å². The van der Waals surface area contributed by atoms with Gasteiger partial charge in [-0.3, -0.25) is 4.90 Å². The summed E-state index contributed by atoms with van der Waals surface area (Å²) in [6, 6.07) is 9.67. The summed E-state index contributed by atoms with van der Waals surface area (Å²) in [5, 5.41) is 24.8. The van der Waals surface area contributed by atoms with Crippen molar-refractivity contribution in [2.45, 2.75) is 57.2 Å². The molecule has 1 saturated carbocycles. The van der Waals surface area contributed by atoms with Gasteiger partial charge in [0.1, 0.15) is 28.7 Å². The van der Waals surface area contributed by atoms with E-state index in [9.17, 15) is 14.8 Å². The van der Waals surface area contributed by atoms with Crippen LogP contribution in [0.5, 0.6) is 11.8 Å². The lowest BCUT2D eigenvalue weighted by atomic mass is 9.73. The Morgan fingerprint density at radius 2 is 1.83 bits per heavy atom. The molecule has 11 heteroatoms. The molecule has 3 aromatic carbocycles. The van der Waals surface area contributed by atoms with Crippen LogP contribution >= 0.6 is 0 Å². The highest BCUT2D eigenvalue weighted by atomic mass is 19.1. The van der Waals surface area contributed by atoms with Gasteiger partial charge >= 0.3 is 6.01 Å². The second kappa shape index (κ2) is 11.5. The molecule has 4 heterocycles. The van der Waals surface area contributed by atoms with Gasteiger partial charge in [-0.1, -0.05) is 18.9 Å². The van der Waals surface area contributed by atoms with Crippen LogP contribution in [0.2, 0.25) is 0 Å². The first-order valence-electron chi connectivity index (χ1n) is 16.5. The first-order valence-corrected chi connectivity index (χ1v) is 16.5. The minimum atomic E-state index is -1.01. The number of aromatic hydroxyl groups is 1. The molecule has 1 aromatic heterocycles. The van der Waals surface area contributed by atoms with Crippen LogP contribution in [0.25, 0.3) is 32.8 Å². The lowest BCUT2D eigenvalue weighted by molar-refractivity contribution is 0.0192. The van der Waals surface area contributed by atoms with Gasteiger partial charge in [0.15, 0.2) is 5.82 Å². The van der Waals surface area contributed by atoms with Crippen molar-refractivity contribution in [1.29, 1.82) is 5.26 Å². The lowest BCUT2D eigenvalue weighted by Crippen LogP contribution is -2.51. The minimum absolute atomic E-state index is 0.0718. The average Bonchev–Trinajstić information content (AvgIpc) is 3.87. The fraction of sp³-hybridized carbons (Fsp3) is 0.432. The third-order valence-corrected chi connectivity index (χ3v) is 10.7. The van der Waals surface area contributed by atoms with E-state index in [4.69, 9.17) is 16.1 Å². The van der Waals surface area contributed by atoms with Gasteiger partial charge < -0.3 is 20.1 Å². The molecule has 8 rings (SSSR count). The summed E-state index contributed by atoms with van der Waals surface area (Å²) in [4.78, 5) is 13.7. The number of fused-ring (bicyclic) bond motifs is 4. The molecule has 2 unspecified atom stereocenters. The third-order valence-electron chi connectivity index (χ3n) is 10.7. The number of aromatic nitrogens is 2. The summed E-state index contributed by atoms with van der Waals surface area (Å²) >= 11 is 0. The number of piperidine rings is 1. The zero-order chi connectivity index (χ0) is 33.3. The lowest BCUT2D eigenvalue weighted by Gasteiger charge is -2.43. The molecule has 0 spiro atoms. The summed E-state index contributed by atoms with van der Waals surface area (Å²) in [6.45, 7) is 4.94. The Labute approximate surface area is 276 Å². The SMILES string of the molecule is C#Cc1c(F)ccc2cc(O)cc(-c3c(F)cc4c(N5C[C@H]6CC[C@@H](C5)N6)nc(OCC5(C)CN(C6CC6)CCC5C#N)nc4c3F)c12. The molecule has 0 radical (unpaired) electrons. The third kappa shape index (κ3) is 5.17. The highest BCUT2D eigenvalue weighted by Crippen LogP contribution is 2.43. The smallest absolute Gasteiger partial charge is 0.319 e. The number of phenols is 1. The van der Waals surface area contributed by atoms with Crippen molar-refractivity contribution in [2.75, 3.05) is 37.7 Å². The van der Waals surface area contributed by atoms with Crippen molar-refractivity contribution in [2.24, 2.45) is 11.3 Å². The second-order valence-corrected chi connectivity index (χ2v) is 14.1. The average molecular weight is 653 g/mol. The molecule has 4 aliphatic rings. The number of nitriles is 1. The van der Waals surface area contributed by atoms with Crippen LogP contribution in [0.1, 0.15) is 44.6 Å². The summed E-state index contributed by atoms with van der Waals surface area (Å²) in [5.41, 5.74) is -1.43. The number of hydrogen-bond acceptors (Lipinski definition) is 8. The fourth-order valence-electron chi connectivity index (χ4n) is 8.09. The molecular weight excluding hydrogens is 617 g/mol. The molecule has 4 fully saturated rings. The number of hydrogen-bond donors (Lipinski definition) is 2. The minimum Gasteiger partial charge on any atom is -0.508 e. The van der Waals surface area contributed by atoms with Gasteiger partial charge in [-0.2, -0.15) is 15.2 Å². The van der Waals surface area contributed by atoms with Gasteiger partial charge in [-0.15, -0.1) is 6.42 Å². The molecule has 3 saturated heterocycles. The van der Waals surface area contributed by atoms with Gasteiger partial charge in [0.05, 0.1) is 29.7 Å². The second-order valence-electron chi connectivity index (χ2n) is 14.1. The number of piperazine rings is 1. The normalized spacial score (nSPS) is 25.7. The number of ether oxygens (including phenoxy) is 1. The van der Waals surface area contributed by atoms with Crippen LogP contribution in [0.15, 0.2) is 30.3 Å². The molecule has 4 atom stereocenters. The zero-order valence-electron chi connectivity index (χ0n) is 26.6. The number of terminal acetylenes is 1. The van der Waals surface area contributed by atoms with E-state index in [0.717, 1.165) is 44.7 Å². The number of anilines is 1. The van der Waals surface area contributed by atoms with E-state index in [-0.39, 0.29) is 63.8 Å². The van der Waals surface area contributed by atoms with E-state index < -0.39 is 28.4 Å². The number of likely N-dealkylation sites (tertiary alicyclic amines) is 1. The van der Waals surface area contributed by atoms with E-state index in [1.807, 2.05) is 11.8 Å². The summed E-state index contributed by atoms with van der Waals surface area (Å²) in [7, 11) is 0. The fourth-order valence-corrected chi connectivity index (χ4v) is 8.09. The van der Waals surface area contributed by atoms with Crippen molar-refractivity contribution in [3.8, 4) is 41.3 Å². The van der Waals surface area contributed by atoms with Crippen LogP contribution in [0.4, 0.5) is 19.0 Å². The maximum absolute atomic E-state index is 16.9. The summed E-state index contributed by atoms with van der Waals surface area (Å²) in [6.07, 6.45) is 10.7. The maximum atomic E-state index is 16.9. The standard InChI is InChI=1S/C37H35F3N6O2/c1-3-26-29(38)9-4-20-12-25(47)13-27(31(20)26)32-30(39)14-28-34(33(32)40)43-36(44-35(28)46-16-22-5-6-23(17-46)42-22)48-19-37(2)18-45(24-7-8-24)11-10-21(37)15-41/h1,4,9,12-14,21-24,42,47H,5-8,10-11,16-19H2,2H3/t21?,22-,23+,37?. The first-order chi connectivity index (χ1) is 23.2. The molecular formula is C37H35F3N6O2. The summed E-state index contributed by atoms with van der Waals surface area (Å²) < 4.78 is 54.4. The molecule has 246 valence electrons. The number of benzene rings is 3. The van der Waals surface area contributed by atoms with E-state index in [1.54, 1.807) is 0 Å². The molecule has 2 bridgehead atoms. The molecule has 1 aliphatic carbocycles. The Morgan fingerprint density at radius 1 is 1.06 bits per heavy atom. The van der Waals surface area contributed by atoms with Crippen molar-refractivity contribution in [3.63, 3.8) is 0 Å². The van der Waals surface area contributed by atoms with Crippen LogP contribution < -0.4 is 15.0 Å². The van der Waals surface area contributed by atoms with Gasteiger partial charge in [-0.25, -0.2) is 13.2 Å². The number of phenolic OH excluding ortho intramolecular Hbond substituents is 1. The predicted octanol–water partition coefficient (Wildman–Crippen LogP) is 5.89. The Hall–Kier alpha value is -4.58. The quantitative estimate of drug-likeness (QED) is 0.249. The van der Waals surface area contributed by atoms with Crippen LogP contribution in [0.3, 0.4) is 0 Å². The summed E-state index contributed by atoms with van der Waals surface area (Å²) in [5.74, 6) is -0.488. The predicted molar refractivity (Wildman–Crippen MR) is 176 cm³/mol. The number of nitrogens with zero attached hydrogens (tertiary/aromatic N) is 5. The Bertz CT molecular complexity index is 2040. The van der Waals surface area contributed by atoms with Gasteiger partial charge in [0, 0.05) is 59.5 Å². The number of halogens is 3. The van der Waals surface area contributed by atoms with Crippen LogP contribution in [-0.2, 0) is 0 Å². The maximum Gasteiger partial charge on any atom is 0.319 e. The highest BCUT2D eigenvalue weighted by Gasteiger charge is 2.45. The largest absolute Gasteiger partial charge is 0.508 e. The molecule has 3 aliphatic heterocycles. The van der Waals surface area contributed by atoms with Crippen molar-refractivity contribution < 1.29 is 23.0 Å². The van der Waals surface area contributed by atoms with E-state index in [0.29, 0.717) is 36.9 Å². The van der Waals surface area contributed by atoms with E-state index >= 15 is 8.78 Å². The van der Waals surface area contributed by atoms with Gasteiger partial charge in [0.2, 0.25) is 0 Å². The Morgan fingerprint density at radius 3 is 2.54 bits per heavy atom. The van der Waals surface area contributed by atoms with Crippen LogP contribution in [-0.4, -0.2) is 70.9 Å². The number of nitrogens with one attached hydrogen (secondary N) is 1. The molecule has 2 N–H and O–H groups in total. The van der Waals surface area contributed by atoms with Crippen molar-refractivity contribution in [3.05, 3.63) is 53.3 Å². The van der Waals surface area contributed by atoms with Crippen LogP contribution in [0, 0.1) is 52.5 Å². The van der Waals surface area contributed by atoms with Gasteiger partial charge in [-0.05, 0) is 68.3 Å². The van der Waals surface area contributed by atoms with Crippen molar-refractivity contribution >= 4 is 27.5 Å². The van der Waals surface area contributed by atoms with E-state index in [2.05, 4.69) is 27.2 Å². The first kappa shape index (κ1) is 30.7. The Balaban J connectivity index is 1.27. The monoisotopic (exact) mass is 652 g/mol. The number of rotatable bonds is 6. The zero-order valence-corrected chi connectivity index (χ0v) is 26.6.